The van der Waals surface area contributed by atoms with E-state index in [-0.39, 0.29) is 39.5 Å². The Morgan fingerprint density at radius 3 is 2.51 bits per heavy atom. The molecule has 41 heavy (non-hydrogen) atoms. The molecule has 212 valence electrons. The second-order valence-electron chi connectivity index (χ2n) is 10.9. The fourth-order valence-electron chi connectivity index (χ4n) is 7.43. The molecule has 0 radical (unpaired) electrons. The fourth-order valence-corrected chi connectivity index (χ4v) is 10.7. The topological polar surface area (TPSA) is 99.3 Å². The van der Waals surface area contributed by atoms with Crippen LogP contribution in [0.1, 0.15) is 28.3 Å². The van der Waals surface area contributed by atoms with Gasteiger partial charge in [0.25, 0.3) is 0 Å². The van der Waals surface area contributed by atoms with Crippen molar-refractivity contribution in [3.05, 3.63) is 78.7 Å². The number of hydrogen-bond acceptors (Lipinski definition) is 6. The average molecular weight is 665 g/mol. The zero-order valence-electron chi connectivity index (χ0n) is 21.0. The number of fused-ring (bicyclic) bond motifs is 9. The Balaban J connectivity index is 1.16. The third-order valence-electron chi connectivity index (χ3n) is 8.80. The monoisotopic (exact) mass is 663 g/mol. The molecule has 2 N–H and O–H groups in total. The minimum absolute atomic E-state index is 0.0126. The third kappa shape index (κ3) is 4.30. The first-order chi connectivity index (χ1) is 19.5. The van der Waals surface area contributed by atoms with E-state index in [1.807, 2.05) is 24.3 Å². The highest BCUT2D eigenvalue weighted by Crippen LogP contribution is 2.68. The van der Waals surface area contributed by atoms with Crippen molar-refractivity contribution in [3.63, 3.8) is 0 Å². The Kier molecular flexibility index (Phi) is 6.29. The number of aromatic nitrogens is 1. The molecule has 1 saturated heterocycles. The molecule has 6 unspecified atom stereocenters. The summed E-state index contributed by atoms with van der Waals surface area (Å²) in [5, 5.41) is 3.22. The molecule has 2 saturated carbocycles. The van der Waals surface area contributed by atoms with Crippen LogP contribution in [0.3, 0.4) is 0 Å². The predicted octanol–water partition coefficient (Wildman–Crippen LogP) is 5.33. The van der Waals surface area contributed by atoms with E-state index in [9.17, 15) is 32.3 Å². The van der Waals surface area contributed by atoms with Gasteiger partial charge in [0, 0.05) is 26.2 Å². The van der Waals surface area contributed by atoms with Crippen molar-refractivity contribution >= 4 is 62.4 Å². The van der Waals surface area contributed by atoms with Crippen molar-refractivity contribution in [3.8, 4) is 0 Å². The number of aromatic amines is 1. The summed E-state index contributed by atoms with van der Waals surface area (Å²) in [5.74, 6) is -2.98. The van der Waals surface area contributed by atoms with Gasteiger partial charge in [-0.3, -0.25) is 24.1 Å². The van der Waals surface area contributed by atoms with Crippen molar-refractivity contribution in [2.45, 2.75) is 28.8 Å². The number of H-pyrrole nitrogens is 1. The smallest absolute Gasteiger partial charge is 0.325 e. The Morgan fingerprint density at radius 2 is 1.78 bits per heavy atom. The van der Waals surface area contributed by atoms with E-state index >= 15 is 0 Å². The van der Waals surface area contributed by atoms with Crippen LogP contribution in [0.2, 0.25) is 0 Å². The number of nitrogens with zero attached hydrogens (tertiary/aromatic N) is 1. The summed E-state index contributed by atoms with van der Waals surface area (Å²) in [4.78, 5) is 57.2. The van der Waals surface area contributed by atoms with Gasteiger partial charge in [0.05, 0.1) is 22.4 Å². The molecule has 0 spiro atoms. The standard InChI is InChI=1S/C28H21BrF3N3O4S2/c29-13-5-1-3-11(7-13)18-19-15-9-16(22(19)40-24-23(18)41-27(39)34-24)21-20(15)25(37)35(26(21)38)10-17(36)33-14-6-2-4-12(8-14)28(30,31)32/h1-8,15-16,18-22H,9-10H2,(H,33,36)(H,34,39)/t15?,16?,18-,19?,20?,21?,22?/m1/s1. The summed E-state index contributed by atoms with van der Waals surface area (Å²) in [6.45, 7) is -0.557. The molecule has 3 aromatic rings. The highest BCUT2D eigenvalue weighted by Gasteiger charge is 2.69. The molecule has 7 atom stereocenters. The summed E-state index contributed by atoms with van der Waals surface area (Å²) in [7, 11) is 0. The number of hydrogen-bond donors (Lipinski definition) is 2. The van der Waals surface area contributed by atoms with Crippen LogP contribution in [0, 0.1) is 29.6 Å². The van der Waals surface area contributed by atoms with E-state index in [1.165, 1.54) is 23.5 Å². The number of nitrogens with one attached hydrogen (secondary N) is 2. The average Bonchev–Trinajstić information content (AvgIpc) is 3.64. The van der Waals surface area contributed by atoms with Gasteiger partial charge < -0.3 is 10.3 Å². The number of halogens is 4. The van der Waals surface area contributed by atoms with Gasteiger partial charge in [0.1, 0.15) is 6.54 Å². The van der Waals surface area contributed by atoms with E-state index in [0.717, 1.165) is 37.0 Å². The second-order valence-corrected chi connectivity index (χ2v) is 14.0. The van der Waals surface area contributed by atoms with E-state index < -0.39 is 47.8 Å². The quantitative estimate of drug-likeness (QED) is 0.368. The van der Waals surface area contributed by atoms with Crippen LogP contribution >= 0.6 is 39.0 Å². The summed E-state index contributed by atoms with van der Waals surface area (Å²) >= 11 is 6.31. The SMILES string of the molecule is O=C(CN1C(=O)C2C3CC(C2C1=O)C1C3Sc2[nH]c(=O)sc2[C@@H]1c1cccc(Br)c1)Nc1cccc(C(F)(F)F)c1. The van der Waals surface area contributed by atoms with Crippen LogP contribution in [0.5, 0.6) is 0 Å². The summed E-state index contributed by atoms with van der Waals surface area (Å²) in [6.07, 6.45) is -3.86. The first-order valence-electron chi connectivity index (χ1n) is 13.0. The predicted molar refractivity (Wildman–Crippen MR) is 149 cm³/mol. The van der Waals surface area contributed by atoms with E-state index in [0.29, 0.717) is 6.42 Å². The van der Waals surface area contributed by atoms with Gasteiger partial charge in [-0.25, -0.2) is 0 Å². The first-order valence-corrected chi connectivity index (χ1v) is 15.5. The molecule has 3 amide bonds. The van der Waals surface area contributed by atoms with E-state index in [1.54, 1.807) is 11.8 Å². The molecule has 7 rings (SSSR count). The Morgan fingerprint density at radius 1 is 1.05 bits per heavy atom. The second kappa shape index (κ2) is 9.56. The van der Waals surface area contributed by atoms with Crippen molar-refractivity contribution < 1.29 is 27.6 Å². The summed E-state index contributed by atoms with van der Waals surface area (Å²) < 4.78 is 40.2. The molecule has 2 aliphatic heterocycles. The van der Waals surface area contributed by atoms with Gasteiger partial charge in [0.2, 0.25) is 17.7 Å². The Bertz CT molecular complexity index is 1670. The minimum Gasteiger partial charge on any atom is -0.325 e. The van der Waals surface area contributed by atoms with Gasteiger partial charge in [0.15, 0.2) is 0 Å². The molecule has 13 heteroatoms. The number of carbonyl (C=O) groups excluding carboxylic acids is 3. The number of thioether (sulfide) groups is 1. The number of carbonyl (C=O) groups is 3. The van der Waals surface area contributed by atoms with Gasteiger partial charge >= 0.3 is 11.0 Å². The highest BCUT2D eigenvalue weighted by atomic mass is 79.9. The van der Waals surface area contributed by atoms with Crippen LogP contribution in [0.25, 0.3) is 0 Å². The van der Waals surface area contributed by atoms with Gasteiger partial charge in [-0.15, -0.1) is 11.8 Å². The van der Waals surface area contributed by atoms with E-state index in [4.69, 9.17) is 0 Å². The maximum absolute atomic E-state index is 13.7. The lowest BCUT2D eigenvalue weighted by Crippen LogP contribution is -2.42. The highest BCUT2D eigenvalue weighted by molar-refractivity contribution is 9.10. The Labute approximate surface area is 248 Å². The molecule has 7 nitrogen and oxygen atoms in total. The van der Waals surface area contributed by atoms with Crippen LogP contribution < -0.4 is 10.2 Å². The number of anilines is 1. The molecular weight excluding hydrogens is 643 g/mol. The van der Waals surface area contributed by atoms with Crippen molar-refractivity contribution in [2.24, 2.45) is 29.6 Å². The largest absolute Gasteiger partial charge is 0.416 e. The molecule has 1 aromatic heterocycles. The third-order valence-corrected chi connectivity index (χ3v) is 11.9. The number of rotatable bonds is 4. The van der Waals surface area contributed by atoms with Crippen molar-refractivity contribution in [1.29, 1.82) is 0 Å². The maximum atomic E-state index is 13.7. The van der Waals surface area contributed by atoms with Crippen molar-refractivity contribution in [1.82, 2.24) is 9.88 Å². The molecular formula is C28H21BrF3N3O4S2. The van der Waals surface area contributed by atoms with Crippen LogP contribution in [-0.4, -0.2) is 39.4 Å². The number of likely N-dealkylation sites (tertiary alicyclic amines) is 1. The van der Waals surface area contributed by atoms with Gasteiger partial charge in [-0.1, -0.05) is 45.5 Å². The van der Waals surface area contributed by atoms with Gasteiger partial charge in [-0.2, -0.15) is 13.2 Å². The molecule has 3 heterocycles. The lowest BCUT2D eigenvalue weighted by Gasteiger charge is -2.43. The number of alkyl halides is 3. The van der Waals surface area contributed by atoms with Crippen LogP contribution in [0.15, 0.2) is 62.8 Å². The number of imide groups is 1. The summed E-state index contributed by atoms with van der Waals surface area (Å²) in [6, 6.07) is 12.1. The molecule has 3 fully saturated rings. The number of thiazole rings is 1. The number of amides is 3. The summed E-state index contributed by atoms with van der Waals surface area (Å²) in [5.41, 5.74) is 0.0534. The van der Waals surface area contributed by atoms with Crippen LogP contribution in [0.4, 0.5) is 18.9 Å². The van der Waals surface area contributed by atoms with Crippen LogP contribution in [-0.2, 0) is 20.6 Å². The van der Waals surface area contributed by atoms with E-state index in [2.05, 4.69) is 26.2 Å². The lowest BCUT2D eigenvalue weighted by molar-refractivity contribution is -0.143. The minimum atomic E-state index is -4.57. The normalized spacial score (nSPS) is 29.9. The molecule has 4 aliphatic rings. The number of benzene rings is 2. The zero-order chi connectivity index (χ0) is 28.8. The van der Waals surface area contributed by atoms with Crippen molar-refractivity contribution in [2.75, 3.05) is 11.9 Å². The van der Waals surface area contributed by atoms with Gasteiger partial charge in [-0.05, 0) is 60.1 Å². The fraction of sp³-hybridized carbons (Fsp3) is 0.357. The lowest BCUT2D eigenvalue weighted by atomic mass is 9.68. The first kappa shape index (κ1) is 27.0. The maximum Gasteiger partial charge on any atom is 0.416 e. The zero-order valence-corrected chi connectivity index (χ0v) is 24.2. The molecule has 2 aliphatic carbocycles. The molecule has 2 aromatic carbocycles. The Hall–Kier alpha value is -2.90. The molecule has 2 bridgehead atoms.